The summed E-state index contributed by atoms with van der Waals surface area (Å²) in [6, 6.07) is 1.95. The van der Waals surface area contributed by atoms with Crippen LogP contribution in [0.3, 0.4) is 0 Å². The molecule has 19 heavy (non-hydrogen) atoms. The number of rotatable bonds is 2. The largest absolute Gasteiger partial charge is 0.345 e. The number of benzene rings is 1. The first-order chi connectivity index (χ1) is 8.95. The van der Waals surface area contributed by atoms with Crippen LogP contribution in [0.25, 0.3) is 0 Å². The number of carbonyl (C=O) groups is 2. The van der Waals surface area contributed by atoms with Crippen LogP contribution >= 0.6 is 23.2 Å². The normalized spacial score (nSPS) is 19.6. The third-order valence-corrected chi connectivity index (χ3v) is 3.48. The van der Waals surface area contributed by atoms with E-state index in [0.29, 0.717) is 12.1 Å². The predicted octanol–water partition coefficient (Wildman–Crippen LogP) is 2.37. The molecule has 1 atom stereocenters. The van der Waals surface area contributed by atoms with E-state index in [-0.39, 0.29) is 28.4 Å². The van der Waals surface area contributed by atoms with Gasteiger partial charge in [-0.15, -0.1) is 0 Å². The molecule has 0 radical (unpaired) electrons. The van der Waals surface area contributed by atoms with Crippen molar-refractivity contribution in [3.05, 3.63) is 28.0 Å². The molecule has 1 aliphatic heterocycles. The second-order valence-electron chi connectivity index (χ2n) is 4.13. The van der Waals surface area contributed by atoms with Gasteiger partial charge < -0.3 is 5.32 Å². The molecule has 1 heterocycles. The van der Waals surface area contributed by atoms with Gasteiger partial charge in [0.1, 0.15) is 6.04 Å². The maximum Gasteiger partial charge on any atom is 0.247 e. The van der Waals surface area contributed by atoms with E-state index in [2.05, 4.69) is 5.32 Å². The summed E-state index contributed by atoms with van der Waals surface area (Å²) in [4.78, 5) is 25.0. The summed E-state index contributed by atoms with van der Waals surface area (Å²) in [6.45, 7) is 1.69. The molecule has 1 unspecified atom stereocenters. The first-order valence-electron chi connectivity index (χ1n) is 5.70. The molecule has 0 spiro atoms. The van der Waals surface area contributed by atoms with Crippen LogP contribution in [0.15, 0.2) is 12.1 Å². The molecule has 102 valence electrons. The molecule has 1 aliphatic rings. The maximum atomic E-state index is 13.4. The van der Waals surface area contributed by atoms with Gasteiger partial charge in [0.05, 0.1) is 16.6 Å². The summed E-state index contributed by atoms with van der Waals surface area (Å²) in [5, 5.41) is 2.13. The second-order valence-corrected chi connectivity index (χ2v) is 4.94. The van der Waals surface area contributed by atoms with E-state index in [4.69, 9.17) is 23.2 Å². The molecule has 2 amide bonds. The summed E-state index contributed by atoms with van der Waals surface area (Å²) < 4.78 is 13.4. The van der Waals surface area contributed by atoms with Crippen molar-refractivity contribution in [3.63, 3.8) is 0 Å². The second kappa shape index (κ2) is 5.35. The van der Waals surface area contributed by atoms with Crippen LogP contribution in [0, 0.1) is 5.82 Å². The van der Waals surface area contributed by atoms with E-state index < -0.39 is 11.9 Å². The zero-order valence-corrected chi connectivity index (χ0v) is 11.6. The van der Waals surface area contributed by atoms with Crippen molar-refractivity contribution < 1.29 is 14.0 Å². The van der Waals surface area contributed by atoms with E-state index in [1.54, 1.807) is 6.92 Å². The van der Waals surface area contributed by atoms with Crippen molar-refractivity contribution in [1.82, 2.24) is 5.32 Å². The quantitative estimate of drug-likeness (QED) is 0.853. The summed E-state index contributed by atoms with van der Waals surface area (Å²) in [6.07, 6.45) is 0.435. The molecule has 2 rings (SSSR count). The van der Waals surface area contributed by atoms with Gasteiger partial charge in [-0.25, -0.2) is 4.39 Å². The summed E-state index contributed by atoms with van der Waals surface area (Å²) in [7, 11) is 0. The van der Waals surface area contributed by atoms with Crippen LogP contribution in [0.4, 0.5) is 10.1 Å². The molecule has 0 aliphatic carbocycles. The highest BCUT2D eigenvalue weighted by Crippen LogP contribution is 2.31. The van der Waals surface area contributed by atoms with E-state index >= 15 is 0 Å². The van der Waals surface area contributed by atoms with Gasteiger partial charge >= 0.3 is 0 Å². The SMILES string of the molecule is CCC1C(=O)NCC(=O)N1c1cc(Cl)c(F)c(Cl)c1. The van der Waals surface area contributed by atoms with Gasteiger partial charge in [-0.05, 0) is 18.6 Å². The number of hydrogen-bond acceptors (Lipinski definition) is 2. The van der Waals surface area contributed by atoms with Crippen molar-refractivity contribution in [3.8, 4) is 0 Å². The van der Waals surface area contributed by atoms with Crippen LogP contribution in [-0.2, 0) is 9.59 Å². The van der Waals surface area contributed by atoms with Gasteiger partial charge in [-0.2, -0.15) is 0 Å². The molecule has 1 aromatic rings. The highest BCUT2D eigenvalue weighted by Gasteiger charge is 2.34. The third kappa shape index (κ3) is 2.53. The minimum absolute atomic E-state index is 0.0953. The van der Waals surface area contributed by atoms with Crippen molar-refractivity contribution >= 4 is 40.7 Å². The lowest BCUT2D eigenvalue weighted by molar-refractivity contribution is -0.131. The standard InChI is InChI=1S/C12H11Cl2FN2O2/c1-2-9-12(19)16-5-10(18)17(9)6-3-7(13)11(15)8(14)4-6/h3-4,9H,2,5H2,1H3,(H,16,19). The molecule has 4 nitrogen and oxygen atoms in total. The average Bonchev–Trinajstić information content (AvgIpc) is 2.37. The Labute approximate surface area is 119 Å². The monoisotopic (exact) mass is 304 g/mol. The van der Waals surface area contributed by atoms with Gasteiger partial charge in [0, 0.05) is 5.69 Å². The maximum absolute atomic E-state index is 13.4. The van der Waals surface area contributed by atoms with E-state index in [1.165, 1.54) is 17.0 Å². The fourth-order valence-electron chi connectivity index (χ4n) is 2.03. The summed E-state index contributed by atoms with van der Waals surface area (Å²) in [5.41, 5.74) is 0.322. The average molecular weight is 305 g/mol. The van der Waals surface area contributed by atoms with Crippen LogP contribution in [0.1, 0.15) is 13.3 Å². The highest BCUT2D eigenvalue weighted by atomic mass is 35.5. The van der Waals surface area contributed by atoms with Crippen LogP contribution in [-0.4, -0.2) is 24.4 Å². The van der Waals surface area contributed by atoms with Crippen molar-refractivity contribution in [2.24, 2.45) is 0 Å². The number of nitrogens with zero attached hydrogens (tertiary/aromatic N) is 1. The number of halogens is 3. The van der Waals surface area contributed by atoms with Gasteiger partial charge in [-0.3, -0.25) is 14.5 Å². The van der Waals surface area contributed by atoms with Crippen molar-refractivity contribution in [2.45, 2.75) is 19.4 Å². The molecule has 0 aromatic heterocycles. The van der Waals surface area contributed by atoms with Crippen LogP contribution in [0.5, 0.6) is 0 Å². The first-order valence-corrected chi connectivity index (χ1v) is 6.45. The molecular formula is C12H11Cl2FN2O2. The number of carbonyl (C=O) groups excluding carboxylic acids is 2. The van der Waals surface area contributed by atoms with Gasteiger partial charge in [0.25, 0.3) is 0 Å². The van der Waals surface area contributed by atoms with Crippen LogP contribution in [0.2, 0.25) is 10.0 Å². The molecule has 1 fully saturated rings. The van der Waals surface area contributed by atoms with Crippen LogP contribution < -0.4 is 10.2 Å². The van der Waals surface area contributed by atoms with E-state index in [0.717, 1.165) is 0 Å². The predicted molar refractivity (Wildman–Crippen MR) is 71.0 cm³/mol. The Morgan fingerprint density at radius 3 is 2.47 bits per heavy atom. The van der Waals surface area contributed by atoms with Crippen molar-refractivity contribution in [2.75, 3.05) is 11.4 Å². The summed E-state index contributed by atoms with van der Waals surface area (Å²) in [5.74, 6) is -1.28. The minimum atomic E-state index is -0.742. The van der Waals surface area contributed by atoms with Gasteiger partial charge in [-0.1, -0.05) is 30.1 Å². The number of amides is 2. The van der Waals surface area contributed by atoms with E-state index in [1.807, 2.05) is 0 Å². The Hall–Kier alpha value is -1.33. The Morgan fingerprint density at radius 1 is 1.37 bits per heavy atom. The van der Waals surface area contributed by atoms with E-state index in [9.17, 15) is 14.0 Å². The van der Waals surface area contributed by atoms with Crippen molar-refractivity contribution in [1.29, 1.82) is 0 Å². The molecule has 1 aromatic carbocycles. The molecule has 0 saturated carbocycles. The zero-order chi connectivity index (χ0) is 14.2. The fourth-order valence-corrected chi connectivity index (χ4v) is 2.51. The fraction of sp³-hybridized carbons (Fsp3) is 0.333. The topological polar surface area (TPSA) is 49.4 Å². The Morgan fingerprint density at radius 2 is 1.95 bits per heavy atom. The lowest BCUT2D eigenvalue weighted by atomic mass is 10.1. The smallest absolute Gasteiger partial charge is 0.247 e. The number of anilines is 1. The lowest BCUT2D eigenvalue weighted by Gasteiger charge is -2.34. The van der Waals surface area contributed by atoms with Gasteiger partial charge in [0.15, 0.2) is 5.82 Å². The number of nitrogens with one attached hydrogen (secondary N) is 1. The third-order valence-electron chi connectivity index (χ3n) is 2.93. The highest BCUT2D eigenvalue weighted by molar-refractivity contribution is 6.35. The molecule has 0 bridgehead atoms. The zero-order valence-electron chi connectivity index (χ0n) is 10.0. The van der Waals surface area contributed by atoms with Gasteiger partial charge in [0.2, 0.25) is 11.8 Å². The Kier molecular flexibility index (Phi) is 3.96. The molecule has 7 heteroatoms. The molecule has 1 N–H and O–H groups in total. The Bertz CT molecular complexity index is 528. The Balaban J connectivity index is 2.48. The molecular weight excluding hydrogens is 294 g/mol. The lowest BCUT2D eigenvalue weighted by Crippen LogP contribution is -2.58. The first kappa shape index (κ1) is 14.1. The molecule has 1 saturated heterocycles. The number of piperazine rings is 1. The number of hydrogen-bond donors (Lipinski definition) is 1. The minimum Gasteiger partial charge on any atom is -0.345 e. The summed E-state index contributed by atoms with van der Waals surface area (Å²) >= 11 is 11.4.